The highest BCUT2D eigenvalue weighted by Gasteiger charge is 2.63. The van der Waals surface area contributed by atoms with Crippen LogP contribution in [0, 0.1) is 0 Å². The van der Waals surface area contributed by atoms with E-state index in [1.807, 2.05) is 37.6 Å². The van der Waals surface area contributed by atoms with Gasteiger partial charge in [0.2, 0.25) is 5.72 Å². The Hall–Kier alpha value is -3.32. The summed E-state index contributed by atoms with van der Waals surface area (Å²) in [5, 5.41) is 2.82. The summed E-state index contributed by atoms with van der Waals surface area (Å²) in [6.07, 6.45) is 1.90. The Morgan fingerprint density at radius 2 is 1.98 bits per heavy atom. The average molecular weight is 554 g/mol. The summed E-state index contributed by atoms with van der Waals surface area (Å²) in [5.74, 6) is -0.534. The molecule has 0 saturated carbocycles. The molecule has 12 heteroatoms. The van der Waals surface area contributed by atoms with Gasteiger partial charge in [-0.25, -0.2) is 19.7 Å². The summed E-state index contributed by atoms with van der Waals surface area (Å²) in [7, 11) is 1.97. The molecule has 2 aliphatic heterocycles. The Kier molecular flexibility index (Phi) is 7.47. The van der Waals surface area contributed by atoms with Gasteiger partial charge in [0.05, 0.1) is 12.9 Å². The zero-order valence-electron chi connectivity index (χ0n) is 24.0. The minimum Gasteiger partial charge on any atom is -0.445 e. The lowest BCUT2D eigenvalue weighted by Gasteiger charge is -2.29. The third-order valence-electron chi connectivity index (χ3n) is 7.33. The fourth-order valence-electron chi connectivity index (χ4n) is 5.28. The molecule has 3 N–H and O–H groups in total. The van der Waals surface area contributed by atoms with Crippen molar-refractivity contribution in [2.75, 3.05) is 39.0 Å². The Morgan fingerprint density at radius 3 is 2.70 bits per heavy atom. The Labute approximate surface area is 234 Å². The number of nitrogens with zero attached hydrogens (tertiary/aromatic N) is 5. The van der Waals surface area contributed by atoms with E-state index in [0.717, 1.165) is 5.56 Å². The molecule has 3 atom stereocenters. The van der Waals surface area contributed by atoms with Crippen LogP contribution in [0.25, 0.3) is 11.2 Å². The summed E-state index contributed by atoms with van der Waals surface area (Å²) < 4.78 is 26.2. The van der Waals surface area contributed by atoms with E-state index in [-0.39, 0.29) is 24.7 Å². The Balaban J connectivity index is 1.14. The number of aromatic nitrogens is 4. The minimum atomic E-state index is -0.947. The first-order chi connectivity index (χ1) is 18.9. The summed E-state index contributed by atoms with van der Waals surface area (Å²) in [6.45, 7) is 12.3. The van der Waals surface area contributed by atoms with E-state index in [1.54, 1.807) is 6.33 Å². The molecule has 5 rings (SSSR count). The lowest BCUT2D eigenvalue weighted by molar-refractivity contribution is -0.205. The molecule has 0 aliphatic carbocycles. The third kappa shape index (κ3) is 5.62. The number of fused-ring (bicyclic) bond motifs is 2. The zero-order valence-corrected chi connectivity index (χ0v) is 24.0. The molecule has 3 unspecified atom stereocenters. The molecular formula is C28H39N7O5. The van der Waals surface area contributed by atoms with Gasteiger partial charge in [-0.1, -0.05) is 45.0 Å². The molecule has 2 aliphatic rings. The first kappa shape index (κ1) is 28.2. The lowest BCUT2D eigenvalue weighted by Crippen LogP contribution is -2.47. The fraction of sp³-hybridized carbons (Fsp3) is 0.571. The van der Waals surface area contributed by atoms with Crippen LogP contribution in [-0.2, 0) is 36.7 Å². The molecular weight excluding hydrogens is 514 g/mol. The number of benzene rings is 1. The summed E-state index contributed by atoms with van der Waals surface area (Å²) >= 11 is 0. The smallest absolute Gasteiger partial charge is 0.407 e. The number of nitrogens with two attached hydrogens (primary N) is 1. The molecule has 40 heavy (non-hydrogen) atoms. The highest BCUT2D eigenvalue weighted by molar-refractivity contribution is 5.81. The van der Waals surface area contributed by atoms with Crippen LogP contribution >= 0.6 is 0 Å². The van der Waals surface area contributed by atoms with Crippen molar-refractivity contribution in [1.29, 1.82) is 0 Å². The predicted molar refractivity (Wildman–Crippen MR) is 148 cm³/mol. The van der Waals surface area contributed by atoms with Gasteiger partial charge in [-0.2, -0.15) is 0 Å². The molecule has 2 saturated heterocycles. The van der Waals surface area contributed by atoms with Gasteiger partial charge in [0, 0.05) is 19.6 Å². The number of hydrogen-bond donors (Lipinski definition) is 2. The van der Waals surface area contributed by atoms with Crippen molar-refractivity contribution in [3.05, 3.63) is 48.0 Å². The second-order valence-electron chi connectivity index (χ2n) is 12.0. The van der Waals surface area contributed by atoms with Crippen LogP contribution in [-0.4, -0.2) is 81.8 Å². The molecule has 12 nitrogen and oxygen atoms in total. The lowest BCUT2D eigenvalue weighted by atomic mass is 9.87. The molecule has 216 valence electrons. The zero-order chi connectivity index (χ0) is 28.7. The number of anilines is 1. The predicted octanol–water partition coefficient (Wildman–Crippen LogP) is 2.77. The number of carbonyl (C=O) groups excluding carboxylic acids is 1. The van der Waals surface area contributed by atoms with E-state index >= 15 is 0 Å². The van der Waals surface area contributed by atoms with E-state index in [2.05, 4.69) is 58.1 Å². The first-order valence-corrected chi connectivity index (χ1v) is 13.5. The maximum Gasteiger partial charge on any atom is 0.407 e. The number of imidazole rings is 1. The van der Waals surface area contributed by atoms with Crippen LogP contribution in [0.2, 0.25) is 0 Å². The molecule has 1 amide bonds. The molecule has 3 aromatic rings. The SMILES string of the molecule is CN(CCNC(=O)OCc1ccc(C(C)(C)C)cc1)CC1OCC2(n3cnc4c(N)ncnc43)OC(C)(C)OC12. The van der Waals surface area contributed by atoms with Gasteiger partial charge in [-0.3, -0.25) is 4.57 Å². The Morgan fingerprint density at radius 1 is 1.23 bits per heavy atom. The monoisotopic (exact) mass is 553 g/mol. The quantitative estimate of drug-likeness (QED) is 0.428. The maximum atomic E-state index is 12.3. The van der Waals surface area contributed by atoms with Crippen molar-refractivity contribution in [2.45, 2.75) is 70.4 Å². The van der Waals surface area contributed by atoms with Crippen molar-refractivity contribution < 1.29 is 23.7 Å². The largest absolute Gasteiger partial charge is 0.445 e. The highest BCUT2D eigenvalue weighted by atomic mass is 16.8. The highest BCUT2D eigenvalue weighted by Crippen LogP contribution is 2.47. The molecule has 4 heterocycles. The topological polar surface area (TPSA) is 139 Å². The summed E-state index contributed by atoms with van der Waals surface area (Å²) in [4.78, 5) is 27.2. The number of nitrogen functional groups attached to an aromatic ring is 1. The average Bonchev–Trinajstić information content (AvgIpc) is 3.53. The van der Waals surface area contributed by atoms with Crippen LogP contribution in [0.4, 0.5) is 10.6 Å². The minimum absolute atomic E-state index is 0.0816. The number of likely N-dealkylation sites (N-methyl/N-ethyl adjacent to an activating group) is 1. The van der Waals surface area contributed by atoms with Gasteiger partial charge >= 0.3 is 6.09 Å². The van der Waals surface area contributed by atoms with Crippen molar-refractivity contribution in [1.82, 2.24) is 29.7 Å². The number of alkyl carbamates (subject to hydrolysis) is 1. The second-order valence-corrected chi connectivity index (χ2v) is 12.0. The van der Waals surface area contributed by atoms with Crippen molar-refractivity contribution in [3.8, 4) is 0 Å². The van der Waals surface area contributed by atoms with Crippen LogP contribution in [0.5, 0.6) is 0 Å². The standard InChI is InChI=1S/C28H39N7O5/c1-26(2,3)19-9-7-18(8-10-19)14-37-25(36)30-11-12-34(6)13-20-22-28(15-38-20,40-27(4,5)39-22)35-17-33-21-23(29)31-16-32-24(21)35/h7-10,16-17,20,22H,11-15H2,1-6H3,(H,30,36)(H2,29,31,32). The second kappa shape index (κ2) is 10.6. The number of hydrogen-bond acceptors (Lipinski definition) is 10. The van der Waals surface area contributed by atoms with E-state index < -0.39 is 23.7 Å². The number of ether oxygens (including phenoxy) is 4. The van der Waals surface area contributed by atoms with E-state index in [9.17, 15) is 4.79 Å². The van der Waals surface area contributed by atoms with Gasteiger partial charge in [0.25, 0.3) is 0 Å². The van der Waals surface area contributed by atoms with Crippen molar-refractivity contribution in [2.24, 2.45) is 0 Å². The van der Waals surface area contributed by atoms with Crippen molar-refractivity contribution in [3.63, 3.8) is 0 Å². The molecule has 0 bridgehead atoms. The van der Waals surface area contributed by atoms with Gasteiger partial charge in [0.15, 0.2) is 17.3 Å². The number of nitrogens with one attached hydrogen (secondary N) is 1. The van der Waals surface area contributed by atoms with Crippen LogP contribution < -0.4 is 11.1 Å². The molecule has 1 aromatic carbocycles. The van der Waals surface area contributed by atoms with Crippen LogP contribution in [0.15, 0.2) is 36.9 Å². The molecule has 0 radical (unpaired) electrons. The molecule has 2 aromatic heterocycles. The third-order valence-corrected chi connectivity index (χ3v) is 7.33. The maximum absolute atomic E-state index is 12.3. The number of amides is 1. The number of rotatable bonds is 8. The summed E-state index contributed by atoms with van der Waals surface area (Å²) in [6, 6.07) is 8.13. The first-order valence-electron chi connectivity index (χ1n) is 13.5. The van der Waals surface area contributed by atoms with Crippen LogP contribution in [0.3, 0.4) is 0 Å². The van der Waals surface area contributed by atoms with E-state index in [4.69, 9.17) is 24.7 Å². The normalized spacial score (nSPS) is 24.0. The van der Waals surface area contributed by atoms with E-state index in [1.165, 1.54) is 11.9 Å². The Bertz CT molecular complexity index is 1350. The van der Waals surface area contributed by atoms with Gasteiger partial charge < -0.3 is 34.9 Å². The van der Waals surface area contributed by atoms with Crippen molar-refractivity contribution >= 4 is 23.1 Å². The van der Waals surface area contributed by atoms with Crippen LogP contribution in [0.1, 0.15) is 45.7 Å². The van der Waals surface area contributed by atoms with Gasteiger partial charge in [0.1, 0.15) is 30.7 Å². The van der Waals surface area contributed by atoms with Gasteiger partial charge in [-0.15, -0.1) is 0 Å². The molecule has 2 fully saturated rings. The van der Waals surface area contributed by atoms with Gasteiger partial charge in [-0.05, 0) is 37.4 Å². The molecule has 0 spiro atoms. The fourth-order valence-corrected chi connectivity index (χ4v) is 5.28. The summed E-state index contributed by atoms with van der Waals surface area (Å²) in [5.41, 5.74) is 8.39. The van der Waals surface area contributed by atoms with E-state index in [0.29, 0.717) is 36.6 Å². The number of carbonyl (C=O) groups is 1.